The summed E-state index contributed by atoms with van der Waals surface area (Å²) in [7, 11) is 0. The van der Waals surface area contributed by atoms with E-state index >= 15 is 0 Å². The smallest absolute Gasteiger partial charge is 0.328 e. The number of aliphatic carboxylic acids is 1. The average molecular weight is 280 g/mol. The molecule has 0 spiro atoms. The zero-order valence-electron chi connectivity index (χ0n) is 10.8. The first-order chi connectivity index (χ1) is 9.16. The van der Waals surface area contributed by atoms with Crippen LogP contribution in [0.4, 0.5) is 5.69 Å². The number of carboxylic acid groups (broad SMARTS) is 1. The highest BCUT2D eigenvalue weighted by Crippen LogP contribution is 2.29. The molecule has 1 aliphatic heterocycles. The molecular weight excluding hydrogens is 262 g/mol. The molecule has 3 nitrogen and oxygen atoms in total. The van der Waals surface area contributed by atoms with E-state index in [0.717, 1.165) is 30.4 Å². The Morgan fingerprint density at radius 3 is 2.47 bits per heavy atom. The van der Waals surface area contributed by atoms with Crippen LogP contribution >= 0.6 is 11.6 Å². The van der Waals surface area contributed by atoms with E-state index < -0.39 is 5.97 Å². The van der Waals surface area contributed by atoms with Gasteiger partial charge in [0.2, 0.25) is 0 Å². The van der Waals surface area contributed by atoms with Crippen LogP contribution < -0.4 is 4.90 Å². The molecule has 1 saturated heterocycles. The van der Waals surface area contributed by atoms with E-state index in [1.807, 2.05) is 18.2 Å². The predicted octanol–water partition coefficient (Wildman–Crippen LogP) is 3.82. The van der Waals surface area contributed by atoms with Crippen LogP contribution in [0.2, 0.25) is 5.02 Å². The van der Waals surface area contributed by atoms with E-state index in [1.165, 1.54) is 25.7 Å². The molecule has 1 heterocycles. The summed E-state index contributed by atoms with van der Waals surface area (Å²) < 4.78 is 0. The number of hydrogen-bond acceptors (Lipinski definition) is 2. The molecule has 0 radical (unpaired) electrons. The van der Waals surface area contributed by atoms with Crippen molar-refractivity contribution in [2.45, 2.75) is 25.7 Å². The van der Waals surface area contributed by atoms with E-state index in [-0.39, 0.29) is 0 Å². The zero-order chi connectivity index (χ0) is 13.7. The Balaban J connectivity index is 2.16. The number of anilines is 1. The minimum atomic E-state index is -0.951. The molecule has 1 aliphatic rings. The summed E-state index contributed by atoms with van der Waals surface area (Å²) in [5, 5.41) is 9.30. The number of carboxylic acids is 1. The van der Waals surface area contributed by atoms with Gasteiger partial charge in [-0.1, -0.05) is 30.5 Å². The number of nitrogens with zero attached hydrogens (tertiary/aromatic N) is 1. The monoisotopic (exact) mass is 279 g/mol. The second-order valence-electron chi connectivity index (χ2n) is 4.78. The summed E-state index contributed by atoms with van der Waals surface area (Å²) in [5.74, 6) is -0.951. The molecule has 1 fully saturated rings. The molecule has 102 valence electrons. The van der Waals surface area contributed by atoms with Crippen molar-refractivity contribution in [3.63, 3.8) is 0 Å². The fourth-order valence-corrected chi connectivity index (χ4v) is 2.67. The van der Waals surface area contributed by atoms with Gasteiger partial charge in [-0.2, -0.15) is 0 Å². The molecule has 0 unspecified atom stereocenters. The van der Waals surface area contributed by atoms with Gasteiger partial charge in [-0.25, -0.2) is 4.79 Å². The van der Waals surface area contributed by atoms with Gasteiger partial charge in [0.05, 0.1) is 10.7 Å². The van der Waals surface area contributed by atoms with Crippen molar-refractivity contribution in [2.75, 3.05) is 18.0 Å². The molecule has 4 heteroatoms. The molecule has 0 aromatic heterocycles. The molecule has 0 amide bonds. The predicted molar refractivity (Wildman–Crippen MR) is 78.8 cm³/mol. The van der Waals surface area contributed by atoms with E-state index in [4.69, 9.17) is 16.7 Å². The van der Waals surface area contributed by atoms with Crippen molar-refractivity contribution in [1.29, 1.82) is 0 Å². The Morgan fingerprint density at radius 1 is 1.21 bits per heavy atom. The SMILES string of the molecule is O=C(O)/C=C/c1ccc(N2CCCCCC2)c(Cl)c1. The van der Waals surface area contributed by atoms with Crippen molar-refractivity contribution < 1.29 is 9.90 Å². The van der Waals surface area contributed by atoms with Gasteiger partial charge >= 0.3 is 5.97 Å². The lowest BCUT2D eigenvalue weighted by atomic mass is 10.1. The second kappa shape index (κ2) is 6.62. The number of hydrogen-bond donors (Lipinski definition) is 1. The molecule has 1 N–H and O–H groups in total. The average Bonchev–Trinajstić information content (AvgIpc) is 2.65. The normalized spacial score (nSPS) is 16.6. The highest BCUT2D eigenvalue weighted by molar-refractivity contribution is 6.33. The lowest BCUT2D eigenvalue weighted by molar-refractivity contribution is -0.131. The molecule has 0 aliphatic carbocycles. The van der Waals surface area contributed by atoms with Gasteiger partial charge < -0.3 is 10.0 Å². The molecule has 0 bridgehead atoms. The van der Waals surface area contributed by atoms with Crippen LogP contribution in [0.25, 0.3) is 6.08 Å². The van der Waals surface area contributed by atoms with Gasteiger partial charge in [0.25, 0.3) is 0 Å². The second-order valence-corrected chi connectivity index (χ2v) is 5.19. The molecule has 1 aromatic rings. The maximum absolute atomic E-state index is 10.5. The minimum Gasteiger partial charge on any atom is -0.478 e. The van der Waals surface area contributed by atoms with Crippen molar-refractivity contribution in [2.24, 2.45) is 0 Å². The summed E-state index contributed by atoms with van der Waals surface area (Å²) in [6, 6.07) is 5.71. The minimum absolute atomic E-state index is 0.689. The Labute approximate surface area is 118 Å². The van der Waals surface area contributed by atoms with Crippen molar-refractivity contribution >= 4 is 29.3 Å². The van der Waals surface area contributed by atoms with E-state index in [9.17, 15) is 4.79 Å². The summed E-state index contributed by atoms with van der Waals surface area (Å²) in [4.78, 5) is 12.8. The third kappa shape index (κ3) is 4.00. The van der Waals surface area contributed by atoms with Crippen LogP contribution in [0.15, 0.2) is 24.3 Å². The maximum atomic E-state index is 10.5. The van der Waals surface area contributed by atoms with Crippen LogP contribution in [0.1, 0.15) is 31.2 Å². The maximum Gasteiger partial charge on any atom is 0.328 e. The van der Waals surface area contributed by atoms with Gasteiger partial charge in [0.15, 0.2) is 0 Å². The molecule has 0 atom stereocenters. The fourth-order valence-electron chi connectivity index (χ4n) is 2.36. The summed E-state index contributed by atoms with van der Waals surface area (Å²) in [6.45, 7) is 2.09. The van der Waals surface area contributed by atoms with Crippen LogP contribution in [0.5, 0.6) is 0 Å². The number of benzene rings is 1. The number of carbonyl (C=O) groups is 1. The highest BCUT2D eigenvalue weighted by Gasteiger charge is 2.12. The molecule has 1 aromatic carbocycles. The summed E-state index contributed by atoms with van der Waals surface area (Å²) >= 11 is 6.31. The first-order valence-electron chi connectivity index (χ1n) is 6.62. The first kappa shape index (κ1) is 13.9. The fraction of sp³-hybridized carbons (Fsp3) is 0.400. The Hall–Kier alpha value is -1.48. The summed E-state index contributed by atoms with van der Waals surface area (Å²) in [6.07, 6.45) is 7.66. The molecular formula is C15H18ClNO2. The van der Waals surface area contributed by atoms with E-state index in [0.29, 0.717) is 5.02 Å². The Kier molecular flexibility index (Phi) is 4.86. The van der Waals surface area contributed by atoms with Crippen LogP contribution in [0, 0.1) is 0 Å². The summed E-state index contributed by atoms with van der Waals surface area (Å²) in [5.41, 5.74) is 1.86. The van der Waals surface area contributed by atoms with E-state index in [2.05, 4.69) is 4.90 Å². The first-order valence-corrected chi connectivity index (χ1v) is 7.00. The van der Waals surface area contributed by atoms with E-state index in [1.54, 1.807) is 6.08 Å². The lowest BCUT2D eigenvalue weighted by Crippen LogP contribution is -2.24. The Morgan fingerprint density at radius 2 is 1.89 bits per heavy atom. The molecule has 19 heavy (non-hydrogen) atoms. The van der Waals surface area contributed by atoms with Gasteiger partial charge in [-0.15, -0.1) is 0 Å². The third-order valence-corrected chi connectivity index (χ3v) is 3.64. The van der Waals surface area contributed by atoms with Gasteiger partial charge in [0, 0.05) is 19.2 Å². The molecule has 2 rings (SSSR count). The lowest BCUT2D eigenvalue weighted by Gasteiger charge is -2.24. The van der Waals surface area contributed by atoms with Gasteiger partial charge in [0.1, 0.15) is 0 Å². The number of halogens is 1. The third-order valence-electron chi connectivity index (χ3n) is 3.34. The zero-order valence-corrected chi connectivity index (χ0v) is 11.6. The van der Waals surface area contributed by atoms with Crippen molar-refractivity contribution in [3.8, 4) is 0 Å². The van der Waals surface area contributed by atoms with Gasteiger partial charge in [-0.05, 0) is 36.6 Å². The molecule has 0 saturated carbocycles. The quantitative estimate of drug-likeness (QED) is 0.855. The topological polar surface area (TPSA) is 40.5 Å². The van der Waals surface area contributed by atoms with Gasteiger partial charge in [-0.3, -0.25) is 0 Å². The highest BCUT2D eigenvalue weighted by atomic mass is 35.5. The number of rotatable bonds is 3. The van der Waals surface area contributed by atoms with Crippen LogP contribution in [-0.2, 0) is 4.79 Å². The Bertz CT molecular complexity index is 477. The van der Waals surface area contributed by atoms with Crippen molar-refractivity contribution in [1.82, 2.24) is 0 Å². The largest absolute Gasteiger partial charge is 0.478 e. The van der Waals surface area contributed by atoms with Crippen LogP contribution in [0.3, 0.4) is 0 Å². The van der Waals surface area contributed by atoms with Crippen LogP contribution in [-0.4, -0.2) is 24.2 Å². The van der Waals surface area contributed by atoms with Crippen molar-refractivity contribution in [3.05, 3.63) is 34.9 Å². The standard InChI is InChI=1S/C15H18ClNO2/c16-13-11-12(6-8-15(18)19)5-7-14(13)17-9-3-1-2-4-10-17/h5-8,11H,1-4,9-10H2,(H,18,19)/b8-6+.